The maximum Gasteiger partial charge on any atom is 0.253 e. The van der Waals surface area contributed by atoms with Crippen molar-refractivity contribution >= 4 is 17.5 Å². The molecule has 2 aliphatic heterocycles. The first-order valence-electron chi connectivity index (χ1n) is 10.8. The Labute approximate surface area is 177 Å². The third-order valence-corrected chi connectivity index (χ3v) is 5.70. The minimum atomic E-state index is -0.389. The summed E-state index contributed by atoms with van der Waals surface area (Å²) in [5.41, 5.74) is 2.47. The number of anilines is 1. The van der Waals surface area contributed by atoms with Crippen molar-refractivity contribution in [2.24, 2.45) is 0 Å². The smallest absolute Gasteiger partial charge is 0.253 e. The Balaban J connectivity index is 1.32. The van der Waals surface area contributed by atoms with Gasteiger partial charge in [0.1, 0.15) is 6.10 Å². The highest BCUT2D eigenvalue weighted by Crippen LogP contribution is 2.18. The van der Waals surface area contributed by atoms with Gasteiger partial charge in [0.25, 0.3) is 11.8 Å². The zero-order chi connectivity index (χ0) is 20.8. The predicted molar refractivity (Wildman–Crippen MR) is 116 cm³/mol. The van der Waals surface area contributed by atoms with E-state index in [1.165, 1.54) is 5.56 Å². The first-order valence-corrected chi connectivity index (χ1v) is 10.8. The molecule has 2 atom stereocenters. The molecule has 2 amide bonds. The number of amides is 2. The summed E-state index contributed by atoms with van der Waals surface area (Å²) in [5, 5.41) is 6.03. The standard InChI is InChI=1S/C24H29N3O3/c28-23(19-9-4-10-20(15-19)25-24(29)22-12-6-14-30-22)26-21-11-5-13-27(17-21)16-18-7-2-1-3-8-18/h1-4,7-10,15,21-22H,5-6,11-14,16-17H2,(H,25,29)(H,26,28). The number of ether oxygens (including phenoxy) is 1. The van der Waals surface area contributed by atoms with E-state index in [4.69, 9.17) is 4.74 Å². The van der Waals surface area contributed by atoms with Gasteiger partial charge in [-0.05, 0) is 56.0 Å². The average molecular weight is 408 g/mol. The van der Waals surface area contributed by atoms with Crippen LogP contribution in [0, 0.1) is 0 Å². The van der Waals surface area contributed by atoms with Gasteiger partial charge in [-0.25, -0.2) is 0 Å². The number of nitrogens with zero attached hydrogens (tertiary/aromatic N) is 1. The third-order valence-electron chi connectivity index (χ3n) is 5.70. The Morgan fingerprint density at radius 2 is 1.90 bits per heavy atom. The molecule has 30 heavy (non-hydrogen) atoms. The van der Waals surface area contributed by atoms with Crippen LogP contribution in [0.1, 0.15) is 41.6 Å². The van der Waals surface area contributed by atoms with Crippen LogP contribution in [0.4, 0.5) is 5.69 Å². The predicted octanol–water partition coefficient (Wildman–Crippen LogP) is 3.20. The fraction of sp³-hybridized carbons (Fsp3) is 0.417. The van der Waals surface area contributed by atoms with E-state index >= 15 is 0 Å². The molecule has 2 saturated heterocycles. The summed E-state index contributed by atoms with van der Waals surface area (Å²) in [6.07, 6.45) is 3.30. The van der Waals surface area contributed by atoms with E-state index in [9.17, 15) is 9.59 Å². The Morgan fingerprint density at radius 1 is 1.03 bits per heavy atom. The molecule has 0 radical (unpaired) electrons. The van der Waals surface area contributed by atoms with Crippen molar-refractivity contribution in [3.05, 3.63) is 65.7 Å². The molecule has 2 fully saturated rings. The van der Waals surface area contributed by atoms with Crippen molar-refractivity contribution in [2.45, 2.75) is 44.4 Å². The molecule has 4 rings (SSSR count). The van der Waals surface area contributed by atoms with E-state index in [1.54, 1.807) is 24.3 Å². The van der Waals surface area contributed by atoms with Gasteiger partial charge in [0, 0.05) is 37.0 Å². The molecule has 2 aromatic carbocycles. The number of hydrogen-bond acceptors (Lipinski definition) is 4. The second-order valence-corrected chi connectivity index (χ2v) is 8.11. The Hall–Kier alpha value is -2.70. The zero-order valence-corrected chi connectivity index (χ0v) is 17.2. The first kappa shape index (κ1) is 20.6. The van der Waals surface area contributed by atoms with Gasteiger partial charge in [0.15, 0.2) is 0 Å². The summed E-state index contributed by atoms with van der Waals surface area (Å²) in [6.45, 7) is 3.42. The van der Waals surface area contributed by atoms with Gasteiger partial charge in [0.05, 0.1) is 0 Å². The van der Waals surface area contributed by atoms with E-state index in [0.29, 0.717) is 17.9 Å². The first-order chi connectivity index (χ1) is 14.7. The second-order valence-electron chi connectivity index (χ2n) is 8.11. The SMILES string of the molecule is O=C(NC1CCCN(Cc2ccccc2)C1)c1cccc(NC(=O)C2CCCO2)c1. The molecule has 6 heteroatoms. The molecule has 158 valence electrons. The van der Waals surface area contributed by atoms with Crippen LogP contribution in [0.15, 0.2) is 54.6 Å². The van der Waals surface area contributed by atoms with Crippen molar-refractivity contribution < 1.29 is 14.3 Å². The number of nitrogens with one attached hydrogen (secondary N) is 2. The van der Waals surface area contributed by atoms with Crippen molar-refractivity contribution in [3.63, 3.8) is 0 Å². The quantitative estimate of drug-likeness (QED) is 0.772. The molecule has 2 aromatic rings. The second kappa shape index (κ2) is 9.87. The van der Waals surface area contributed by atoms with E-state index < -0.39 is 0 Å². The Kier molecular flexibility index (Phi) is 6.77. The number of likely N-dealkylation sites (tertiary alicyclic amines) is 1. The minimum absolute atomic E-state index is 0.102. The van der Waals surface area contributed by atoms with Crippen molar-refractivity contribution in [1.29, 1.82) is 0 Å². The van der Waals surface area contributed by atoms with Gasteiger partial charge in [-0.2, -0.15) is 0 Å². The molecule has 0 aliphatic carbocycles. The van der Waals surface area contributed by atoms with Crippen LogP contribution in [0.25, 0.3) is 0 Å². The van der Waals surface area contributed by atoms with Crippen LogP contribution in [0.5, 0.6) is 0 Å². The highest BCUT2D eigenvalue weighted by atomic mass is 16.5. The van der Waals surface area contributed by atoms with E-state index in [-0.39, 0.29) is 24.0 Å². The average Bonchev–Trinajstić information content (AvgIpc) is 3.30. The van der Waals surface area contributed by atoms with E-state index in [1.807, 2.05) is 6.07 Å². The van der Waals surface area contributed by atoms with Crippen LogP contribution in [-0.2, 0) is 16.1 Å². The molecule has 0 bridgehead atoms. The van der Waals surface area contributed by atoms with Gasteiger partial charge in [-0.3, -0.25) is 14.5 Å². The largest absolute Gasteiger partial charge is 0.368 e. The lowest BCUT2D eigenvalue weighted by Crippen LogP contribution is -2.47. The topological polar surface area (TPSA) is 70.7 Å². The maximum absolute atomic E-state index is 12.8. The molecule has 2 N–H and O–H groups in total. The summed E-state index contributed by atoms with van der Waals surface area (Å²) in [6, 6.07) is 17.6. The molecular weight excluding hydrogens is 378 g/mol. The van der Waals surface area contributed by atoms with Gasteiger partial charge in [-0.1, -0.05) is 36.4 Å². The van der Waals surface area contributed by atoms with Crippen molar-refractivity contribution in [2.75, 3.05) is 25.0 Å². The van der Waals surface area contributed by atoms with E-state index in [0.717, 1.165) is 45.3 Å². The van der Waals surface area contributed by atoms with Gasteiger partial charge in [0.2, 0.25) is 0 Å². The van der Waals surface area contributed by atoms with Crippen molar-refractivity contribution in [3.8, 4) is 0 Å². The molecular formula is C24H29N3O3. The number of carbonyl (C=O) groups is 2. The molecule has 2 aliphatic rings. The van der Waals surface area contributed by atoms with Gasteiger partial charge in [-0.15, -0.1) is 0 Å². The maximum atomic E-state index is 12.8. The number of rotatable bonds is 6. The van der Waals surface area contributed by atoms with Crippen molar-refractivity contribution in [1.82, 2.24) is 10.2 Å². The normalized spacial score (nSPS) is 21.9. The van der Waals surface area contributed by atoms with Gasteiger partial charge < -0.3 is 15.4 Å². The van der Waals surface area contributed by atoms with Crippen LogP contribution in [-0.4, -0.2) is 48.6 Å². The lowest BCUT2D eigenvalue weighted by atomic mass is 10.0. The minimum Gasteiger partial charge on any atom is -0.368 e. The number of piperidine rings is 1. The van der Waals surface area contributed by atoms with E-state index in [2.05, 4.69) is 39.8 Å². The molecule has 0 aromatic heterocycles. The highest BCUT2D eigenvalue weighted by molar-refractivity contribution is 5.98. The monoisotopic (exact) mass is 407 g/mol. The number of carbonyl (C=O) groups excluding carboxylic acids is 2. The van der Waals surface area contributed by atoms with Crippen LogP contribution >= 0.6 is 0 Å². The molecule has 0 saturated carbocycles. The van der Waals surface area contributed by atoms with Gasteiger partial charge >= 0.3 is 0 Å². The number of benzene rings is 2. The fourth-order valence-electron chi connectivity index (χ4n) is 4.17. The molecule has 2 heterocycles. The lowest BCUT2D eigenvalue weighted by molar-refractivity contribution is -0.124. The van der Waals surface area contributed by atoms with Crippen LogP contribution in [0.2, 0.25) is 0 Å². The fourth-order valence-corrected chi connectivity index (χ4v) is 4.17. The number of hydrogen-bond donors (Lipinski definition) is 2. The third kappa shape index (κ3) is 5.46. The lowest BCUT2D eigenvalue weighted by Gasteiger charge is -2.33. The Morgan fingerprint density at radius 3 is 2.70 bits per heavy atom. The summed E-state index contributed by atoms with van der Waals surface area (Å²) in [7, 11) is 0. The summed E-state index contributed by atoms with van der Waals surface area (Å²) in [4.78, 5) is 27.5. The molecule has 6 nitrogen and oxygen atoms in total. The Bertz CT molecular complexity index is 865. The zero-order valence-electron chi connectivity index (χ0n) is 17.2. The summed E-state index contributed by atoms with van der Waals surface area (Å²) < 4.78 is 5.42. The van der Waals surface area contributed by atoms with Crippen LogP contribution < -0.4 is 10.6 Å². The summed E-state index contributed by atoms with van der Waals surface area (Å²) >= 11 is 0. The molecule has 2 unspecified atom stereocenters. The molecule has 0 spiro atoms. The highest BCUT2D eigenvalue weighted by Gasteiger charge is 2.24. The van der Waals surface area contributed by atoms with Crippen LogP contribution in [0.3, 0.4) is 0 Å². The summed E-state index contributed by atoms with van der Waals surface area (Å²) in [5.74, 6) is -0.247.